The molecule has 20 heavy (non-hydrogen) atoms. The number of hydrogen-bond acceptors (Lipinski definition) is 3. The number of benzene rings is 1. The lowest BCUT2D eigenvalue weighted by Crippen LogP contribution is -2.35. The van der Waals surface area contributed by atoms with E-state index >= 15 is 0 Å². The molecule has 1 saturated carbocycles. The Bertz CT molecular complexity index is 463. The fourth-order valence-corrected chi connectivity index (χ4v) is 3.13. The highest BCUT2D eigenvalue weighted by Crippen LogP contribution is 2.24. The Morgan fingerprint density at radius 3 is 2.65 bits per heavy atom. The highest BCUT2D eigenvalue weighted by molar-refractivity contribution is 5.95. The average molecular weight is 273 g/mol. The van der Waals surface area contributed by atoms with Gasteiger partial charge >= 0.3 is 0 Å². The lowest BCUT2D eigenvalue weighted by molar-refractivity contribution is -0.117. The summed E-state index contributed by atoms with van der Waals surface area (Å²) < 4.78 is 0. The van der Waals surface area contributed by atoms with Crippen LogP contribution in [0.1, 0.15) is 38.5 Å². The number of carbonyl (C=O) groups is 1. The Morgan fingerprint density at radius 2 is 1.90 bits per heavy atom. The minimum absolute atomic E-state index is 0.0264. The van der Waals surface area contributed by atoms with Crippen LogP contribution in [0.4, 0.5) is 11.4 Å². The topological polar surface area (TPSA) is 53.2 Å². The van der Waals surface area contributed by atoms with Crippen molar-refractivity contribution in [3.63, 3.8) is 0 Å². The molecule has 1 unspecified atom stereocenters. The lowest BCUT2D eigenvalue weighted by Gasteiger charge is -2.15. The lowest BCUT2D eigenvalue weighted by atomic mass is 10.2. The highest BCUT2D eigenvalue weighted by Gasteiger charge is 2.22. The van der Waals surface area contributed by atoms with Crippen LogP contribution in [0.2, 0.25) is 0 Å². The molecule has 0 radical (unpaired) electrons. The number of amides is 1. The van der Waals surface area contributed by atoms with E-state index in [2.05, 4.69) is 22.0 Å². The normalized spacial score (nSPS) is 22.9. The van der Waals surface area contributed by atoms with Crippen LogP contribution in [0.3, 0.4) is 0 Å². The molecule has 3 N–H and O–H groups in total. The molecule has 1 atom stereocenters. The van der Waals surface area contributed by atoms with E-state index in [1.54, 1.807) is 0 Å². The molecule has 0 bridgehead atoms. The summed E-state index contributed by atoms with van der Waals surface area (Å²) in [5.41, 5.74) is 1.99. The van der Waals surface area contributed by atoms with Gasteiger partial charge in [-0.25, -0.2) is 0 Å². The first-order chi connectivity index (χ1) is 9.81. The smallest absolute Gasteiger partial charge is 0.241 e. The van der Waals surface area contributed by atoms with Crippen LogP contribution in [-0.4, -0.2) is 24.5 Å². The molecule has 1 aromatic rings. The van der Waals surface area contributed by atoms with E-state index in [-0.39, 0.29) is 11.9 Å². The third-order valence-corrected chi connectivity index (χ3v) is 4.23. The van der Waals surface area contributed by atoms with Gasteiger partial charge in [0.05, 0.1) is 6.04 Å². The molecule has 1 heterocycles. The molecule has 1 aliphatic heterocycles. The van der Waals surface area contributed by atoms with Crippen LogP contribution in [0.15, 0.2) is 24.3 Å². The molecule has 0 aromatic heterocycles. The van der Waals surface area contributed by atoms with E-state index in [0.717, 1.165) is 30.8 Å². The highest BCUT2D eigenvalue weighted by atomic mass is 16.2. The first kappa shape index (κ1) is 13.4. The van der Waals surface area contributed by atoms with Crippen LogP contribution in [0.5, 0.6) is 0 Å². The van der Waals surface area contributed by atoms with Crippen molar-refractivity contribution in [2.75, 3.05) is 17.2 Å². The zero-order valence-corrected chi connectivity index (χ0v) is 11.8. The van der Waals surface area contributed by atoms with Crippen molar-refractivity contribution < 1.29 is 4.79 Å². The van der Waals surface area contributed by atoms with Crippen molar-refractivity contribution in [2.45, 2.75) is 50.6 Å². The van der Waals surface area contributed by atoms with Crippen molar-refractivity contribution in [2.24, 2.45) is 0 Å². The van der Waals surface area contributed by atoms with Crippen molar-refractivity contribution in [3.05, 3.63) is 24.3 Å². The quantitative estimate of drug-likeness (QED) is 0.790. The summed E-state index contributed by atoms with van der Waals surface area (Å²) in [6.45, 7) is 0.946. The molecule has 108 valence electrons. The maximum absolute atomic E-state index is 12.1. The maximum Gasteiger partial charge on any atom is 0.241 e. The number of anilines is 2. The second-order valence-corrected chi connectivity index (χ2v) is 5.84. The first-order valence-corrected chi connectivity index (χ1v) is 7.72. The predicted octanol–water partition coefficient (Wildman–Crippen LogP) is 2.73. The van der Waals surface area contributed by atoms with Gasteiger partial charge in [-0.15, -0.1) is 0 Å². The summed E-state index contributed by atoms with van der Waals surface area (Å²) in [6.07, 6.45) is 7.17. The minimum Gasteiger partial charge on any atom is -0.382 e. The Kier molecular flexibility index (Phi) is 4.21. The van der Waals surface area contributed by atoms with Crippen molar-refractivity contribution in [3.8, 4) is 0 Å². The van der Waals surface area contributed by atoms with Crippen LogP contribution in [0, 0.1) is 0 Å². The number of rotatable bonds is 4. The van der Waals surface area contributed by atoms with Gasteiger partial charge in [0.1, 0.15) is 0 Å². The fourth-order valence-electron chi connectivity index (χ4n) is 3.13. The van der Waals surface area contributed by atoms with E-state index in [0.29, 0.717) is 6.04 Å². The summed E-state index contributed by atoms with van der Waals surface area (Å²) in [4.78, 5) is 12.1. The number of nitrogens with one attached hydrogen (secondary N) is 3. The van der Waals surface area contributed by atoms with Gasteiger partial charge in [0.25, 0.3) is 0 Å². The monoisotopic (exact) mass is 273 g/mol. The fraction of sp³-hybridized carbons (Fsp3) is 0.562. The van der Waals surface area contributed by atoms with E-state index in [1.165, 1.54) is 25.7 Å². The van der Waals surface area contributed by atoms with Crippen LogP contribution < -0.4 is 16.0 Å². The van der Waals surface area contributed by atoms with E-state index < -0.39 is 0 Å². The van der Waals surface area contributed by atoms with Crippen molar-refractivity contribution in [1.82, 2.24) is 5.32 Å². The maximum atomic E-state index is 12.1. The average Bonchev–Trinajstić information content (AvgIpc) is 3.12. The molecule has 2 fully saturated rings. The molecule has 1 aliphatic carbocycles. The Hall–Kier alpha value is -1.55. The second kappa shape index (κ2) is 6.27. The Labute approximate surface area is 120 Å². The third kappa shape index (κ3) is 3.31. The van der Waals surface area contributed by atoms with Gasteiger partial charge in [-0.1, -0.05) is 18.9 Å². The van der Waals surface area contributed by atoms with Crippen molar-refractivity contribution >= 4 is 17.3 Å². The zero-order valence-electron chi connectivity index (χ0n) is 11.8. The molecule has 4 heteroatoms. The molecular weight excluding hydrogens is 250 g/mol. The summed E-state index contributed by atoms with van der Waals surface area (Å²) >= 11 is 0. The van der Waals surface area contributed by atoms with Crippen molar-refractivity contribution in [1.29, 1.82) is 0 Å². The number of hydrogen-bond donors (Lipinski definition) is 3. The summed E-state index contributed by atoms with van der Waals surface area (Å²) in [6, 6.07) is 8.62. The van der Waals surface area contributed by atoms with Gasteiger partial charge in [0.2, 0.25) is 5.91 Å². The van der Waals surface area contributed by atoms with Crippen LogP contribution >= 0.6 is 0 Å². The third-order valence-electron chi connectivity index (χ3n) is 4.23. The van der Waals surface area contributed by atoms with Gasteiger partial charge in [-0.2, -0.15) is 0 Å². The van der Waals surface area contributed by atoms with Gasteiger partial charge in [0, 0.05) is 17.4 Å². The largest absolute Gasteiger partial charge is 0.382 e. The second-order valence-electron chi connectivity index (χ2n) is 5.84. The van der Waals surface area contributed by atoms with Crippen LogP contribution in [-0.2, 0) is 4.79 Å². The molecule has 1 saturated heterocycles. The molecular formula is C16H23N3O. The molecule has 0 spiro atoms. The Balaban J connectivity index is 1.59. The first-order valence-electron chi connectivity index (χ1n) is 7.72. The SMILES string of the molecule is O=C(Nc1cccc(NC2CCCC2)c1)C1CCCN1. The minimum atomic E-state index is -0.0264. The van der Waals surface area contributed by atoms with E-state index in [1.807, 2.05) is 18.2 Å². The molecule has 3 rings (SSSR count). The van der Waals surface area contributed by atoms with Crippen LogP contribution in [0.25, 0.3) is 0 Å². The zero-order chi connectivity index (χ0) is 13.8. The Morgan fingerprint density at radius 1 is 1.10 bits per heavy atom. The molecule has 2 aliphatic rings. The molecule has 1 aromatic carbocycles. The van der Waals surface area contributed by atoms with Gasteiger partial charge in [0.15, 0.2) is 0 Å². The van der Waals surface area contributed by atoms with Gasteiger partial charge in [-0.3, -0.25) is 4.79 Å². The van der Waals surface area contributed by atoms with Gasteiger partial charge < -0.3 is 16.0 Å². The van der Waals surface area contributed by atoms with Gasteiger partial charge in [-0.05, 0) is 50.4 Å². The molecule has 1 amide bonds. The molecule has 4 nitrogen and oxygen atoms in total. The standard InChI is InChI=1S/C16H23N3O/c20-16(15-9-4-10-17-15)19-14-8-3-7-13(11-14)18-12-5-1-2-6-12/h3,7-8,11-12,15,17-18H,1-2,4-6,9-10H2,(H,19,20). The predicted molar refractivity (Wildman–Crippen MR) is 82.0 cm³/mol. The summed E-state index contributed by atoms with van der Waals surface area (Å²) in [5.74, 6) is 0.0838. The number of carbonyl (C=O) groups excluding carboxylic acids is 1. The summed E-state index contributed by atoms with van der Waals surface area (Å²) in [5, 5.41) is 9.79. The van der Waals surface area contributed by atoms with E-state index in [4.69, 9.17) is 0 Å². The van der Waals surface area contributed by atoms with E-state index in [9.17, 15) is 4.79 Å². The summed E-state index contributed by atoms with van der Waals surface area (Å²) in [7, 11) is 0.